The van der Waals surface area contributed by atoms with Crippen LogP contribution in [0.3, 0.4) is 0 Å². The first-order valence-electron chi connectivity index (χ1n) is 6.45. The van der Waals surface area contributed by atoms with E-state index in [4.69, 9.17) is 0 Å². The largest absolute Gasteiger partial charge is 0.382 e. The summed E-state index contributed by atoms with van der Waals surface area (Å²) >= 11 is 0. The average Bonchev–Trinajstić information content (AvgIpc) is 2.48. The van der Waals surface area contributed by atoms with Gasteiger partial charge in [0.05, 0.1) is 4.92 Å². The Labute approximate surface area is 117 Å². The molecule has 0 aliphatic rings. The van der Waals surface area contributed by atoms with Crippen LogP contribution in [0.2, 0.25) is 0 Å². The lowest BCUT2D eigenvalue weighted by Crippen LogP contribution is -2.83. The molecule has 0 aromatic heterocycles. The molecule has 2 rings (SSSR count). The number of rotatable bonds is 6. The summed E-state index contributed by atoms with van der Waals surface area (Å²) in [6.07, 6.45) is -0.710. The molecule has 5 heteroatoms. The summed E-state index contributed by atoms with van der Waals surface area (Å²) in [5.74, 6) is 0. The van der Waals surface area contributed by atoms with Crippen molar-refractivity contribution in [2.75, 3.05) is 6.54 Å². The number of nitro benzene ring substituents is 1. The van der Waals surface area contributed by atoms with Crippen LogP contribution >= 0.6 is 0 Å². The molecule has 0 fully saturated rings. The molecule has 0 spiro atoms. The van der Waals surface area contributed by atoms with Gasteiger partial charge in [0.15, 0.2) is 0 Å². The normalized spacial score (nSPS) is 12.1. The molecule has 2 aromatic rings. The van der Waals surface area contributed by atoms with Crippen LogP contribution in [0.4, 0.5) is 5.69 Å². The molecule has 0 saturated carbocycles. The third-order valence-electron chi connectivity index (χ3n) is 3.08. The summed E-state index contributed by atoms with van der Waals surface area (Å²) in [5, 5.41) is 22.7. The van der Waals surface area contributed by atoms with E-state index in [2.05, 4.69) is 0 Å². The van der Waals surface area contributed by atoms with Crippen molar-refractivity contribution in [2.24, 2.45) is 0 Å². The molecular formula is C15H17N2O3+. The fraction of sp³-hybridized carbons (Fsp3) is 0.200. The Bertz CT molecular complexity index is 572. The Balaban J connectivity index is 1.90. The molecule has 0 radical (unpaired) electrons. The lowest BCUT2D eigenvalue weighted by Gasteiger charge is -2.09. The predicted molar refractivity (Wildman–Crippen MR) is 75.0 cm³/mol. The SMILES string of the molecule is O=[N+]([O-])c1cccc(C(O)C[NH2+]Cc2ccccc2)c1. The van der Waals surface area contributed by atoms with Crippen molar-refractivity contribution in [3.63, 3.8) is 0 Å². The number of benzene rings is 2. The second-order valence-corrected chi connectivity index (χ2v) is 4.58. The number of aliphatic hydroxyl groups is 1. The molecule has 0 heterocycles. The number of nitrogens with zero attached hydrogens (tertiary/aromatic N) is 1. The van der Waals surface area contributed by atoms with Crippen molar-refractivity contribution in [1.82, 2.24) is 0 Å². The summed E-state index contributed by atoms with van der Waals surface area (Å²) in [5.41, 5.74) is 1.76. The standard InChI is InChI=1S/C15H16N2O3/c18-15(11-16-10-12-5-2-1-3-6-12)13-7-4-8-14(9-13)17(19)20/h1-9,15-16,18H,10-11H2/p+1. The number of hydrogen-bond acceptors (Lipinski definition) is 3. The zero-order chi connectivity index (χ0) is 14.4. The highest BCUT2D eigenvalue weighted by molar-refractivity contribution is 5.35. The molecule has 0 saturated heterocycles. The van der Waals surface area contributed by atoms with Gasteiger partial charge in [-0.05, 0) is 5.56 Å². The summed E-state index contributed by atoms with van der Waals surface area (Å²) in [7, 11) is 0. The molecule has 1 unspecified atom stereocenters. The topological polar surface area (TPSA) is 80.0 Å². The first kappa shape index (κ1) is 14.2. The minimum absolute atomic E-state index is 0.00427. The molecule has 0 amide bonds. The molecule has 5 nitrogen and oxygen atoms in total. The monoisotopic (exact) mass is 273 g/mol. The van der Waals surface area contributed by atoms with Crippen LogP contribution < -0.4 is 5.32 Å². The minimum Gasteiger partial charge on any atom is -0.382 e. The molecule has 104 valence electrons. The number of nitrogens with two attached hydrogens (primary N) is 1. The Hall–Kier alpha value is -2.24. The summed E-state index contributed by atoms with van der Waals surface area (Å²) in [4.78, 5) is 10.2. The van der Waals surface area contributed by atoms with Crippen LogP contribution in [0.15, 0.2) is 54.6 Å². The Morgan fingerprint density at radius 3 is 2.60 bits per heavy atom. The highest BCUT2D eigenvalue weighted by Crippen LogP contribution is 2.18. The fourth-order valence-electron chi connectivity index (χ4n) is 2.00. The second kappa shape index (κ2) is 6.79. The fourth-order valence-corrected chi connectivity index (χ4v) is 2.00. The molecule has 0 aliphatic carbocycles. The highest BCUT2D eigenvalue weighted by atomic mass is 16.6. The smallest absolute Gasteiger partial charge is 0.269 e. The van der Waals surface area contributed by atoms with Crippen LogP contribution in [0, 0.1) is 10.1 Å². The first-order chi connectivity index (χ1) is 9.66. The average molecular weight is 273 g/mol. The van der Waals surface area contributed by atoms with Crippen LogP contribution in [0.1, 0.15) is 17.2 Å². The van der Waals surface area contributed by atoms with Gasteiger partial charge in [-0.2, -0.15) is 0 Å². The van der Waals surface area contributed by atoms with Gasteiger partial charge in [0.2, 0.25) is 0 Å². The number of aliphatic hydroxyl groups excluding tert-OH is 1. The van der Waals surface area contributed by atoms with E-state index in [0.717, 1.165) is 6.54 Å². The van der Waals surface area contributed by atoms with Crippen molar-refractivity contribution in [3.8, 4) is 0 Å². The van der Waals surface area contributed by atoms with Gasteiger partial charge in [-0.25, -0.2) is 0 Å². The molecular weight excluding hydrogens is 256 g/mol. The quantitative estimate of drug-likeness (QED) is 0.616. The number of non-ortho nitro benzene ring substituents is 1. The van der Waals surface area contributed by atoms with E-state index in [1.165, 1.54) is 17.7 Å². The molecule has 0 bridgehead atoms. The van der Waals surface area contributed by atoms with Crippen molar-refractivity contribution in [3.05, 3.63) is 75.8 Å². The van der Waals surface area contributed by atoms with E-state index in [-0.39, 0.29) is 5.69 Å². The molecule has 3 N–H and O–H groups in total. The highest BCUT2D eigenvalue weighted by Gasteiger charge is 2.13. The van der Waals surface area contributed by atoms with E-state index in [1.807, 2.05) is 35.6 Å². The zero-order valence-electron chi connectivity index (χ0n) is 11.0. The van der Waals surface area contributed by atoms with Gasteiger partial charge in [-0.1, -0.05) is 42.5 Å². The molecule has 2 aromatic carbocycles. The van der Waals surface area contributed by atoms with E-state index in [9.17, 15) is 15.2 Å². The van der Waals surface area contributed by atoms with Crippen LogP contribution in [-0.4, -0.2) is 16.6 Å². The van der Waals surface area contributed by atoms with Crippen LogP contribution in [0.5, 0.6) is 0 Å². The van der Waals surface area contributed by atoms with Gasteiger partial charge >= 0.3 is 0 Å². The number of hydrogen-bond donors (Lipinski definition) is 2. The maximum absolute atomic E-state index is 10.7. The van der Waals surface area contributed by atoms with E-state index in [1.54, 1.807) is 12.1 Å². The Morgan fingerprint density at radius 2 is 1.90 bits per heavy atom. The minimum atomic E-state index is -0.710. The lowest BCUT2D eigenvalue weighted by molar-refractivity contribution is -0.677. The molecule has 20 heavy (non-hydrogen) atoms. The van der Waals surface area contributed by atoms with Crippen LogP contribution in [-0.2, 0) is 6.54 Å². The van der Waals surface area contributed by atoms with E-state index in [0.29, 0.717) is 12.1 Å². The van der Waals surface area contributed by atoms with Crippen LogP contribution in [0.25, 0.3) is 0 Å². The number of quaternary nitrogens is 1. The summed E-state index contributed by atoms with van der Waals surface area (Å²) in [6.45, 7) is 1.24. The Morgan fingerprint density at radius 1 is 1.15 bits per heavy atom. The third kappa shape index (κ3) is 3.88. The van der Waals surface area contributed by atoms with Gasteiger partial charge in [0, 0.05) is 17.7 Å². The number of nitro groups is 1. The molecule has 1 atom stereocenters. The van der Waals surface area contributed by atoms with Crippen molar-refractivity contribution in [1.29, 1.82) is 0 Å². The molecule has 0 aliphatic heterocycles. The van der Waals surface area contributed by atoms with Gasteiger partial charge in [0.25, 0.3) is 5.69 Å². The zero-order valence-corrected chi connectivity index (χ0v) is 11.0. The third-order valence-corrected chi connectivity index (χ3v) is 3.08. The van der Waals surface area contributed by atoms with Gasteiger partial charge in [0.1, 0.15) is 19.2 Å². The predicted octanol–water partition coefficient (Wildman–Crippen LogP) is 1.39. The van der Waals surface area contributed by atoms with Gasteiger partial charge in [-0.15, -0.1) is 0 Å². The maximum atomic E-state index is 10.7. The maximum Gasteiger partial charge on any atom is 0.269 e. The van der Waals surface area contributed by atoms with Gasteiger partial charge < -0.3 is 10.4 Å². The van der Waals surface area contributed by atoms with Crippen molar-refractivity contribution < 1.29 is 15.3 Å². The second-order valence-electron chi connectivity index (χ2n) is 4.58. The first-order valence-corrected chi connectivity index (χ1v) is 6.45. The van der Waals surface area contributed by atoms with E-state index < -0.39 is 11.0 Å². The summed E-state index contributed by atoms with van der Waals surface area (Å²) < 4.78 is 0. The van der Waals surface area contributed by atoms with Crippen molar-refractivity contribution in [2.45, 2.75) is 12.6 Å². The Kier molecular flexibility index (Phi) is 4.81. The lowest BCUT2D eigenvalue weighted by atomic mass is 10.1. The van der Waals surface area contributed by atoms with Gasteiger partial charge in [-0.3, -0.25) is 10.1 Å². The summed E-state index contributed by atoms with van der Waals surface area (Å²) in [6, 6.07) is 16.1. The van der Waals surface area contributed by atoms with E-state index >= 15 is 0 Å². The van der Waals surface area contributed by atoms with Crippen molar-refractivity contribution >= 4 is 5.69 Å².